The fourth-order valence-corrected chi connectivity index (χ4v) is 2.36. The highest BCUT2D eigenvalue weighted by molar-refractivity contribution is 9.10. The van der Waals surface area contributed by atoms with E-state index in [1.165, 1.54) is 6.07 Å². The molecule has 2 rings (SSSR count). The molecule has 0 bridgehead atoms. The minimum absolute atomic E-state index is 0.354. The van der Waals surface area contributed by atoms with Crippen molar-refractivity contribution in [3.63, 3.8) is 0 Å². The highest BCUT2D eigenvalue weighted by Gasteiger charge is 2.05. The Labute approximate surface area is 111 Å². The van der Waals surface area contributed by atoms with Crippen LogP contribution in [0.25, 0.3) is 0 Å². The van der Waals surface area contributed by atoms with Gasteiger partial charge in [0, 0.05) is 30.6 Å². The average molecular weight is 316 g/mol. The van der Waals surface area contributed by atoms with E-state index in [4.69, 9.17) is 5.73 Å². The van der Waals surface area contributed by atoms with Crippen LogP contribution in [-0.4, -0.2) is 11.5 Å². The van der Waals surface area contributed by atoms with Gasteiger partial charge < -0.3 is 11.1 Å². The maximum atomic E-state index is 13.1. The summed E-state index contributed by atoms with van der Waals surface area (Å²) in [5.74, 6) is -0.354. The lowest BCUT2D eigenvalue weighted by Crippen LogP contribution is -2.07. The van der Waals surface area contributed by atoms with Crippen molar-refractivity contribution in [2.24, 2.45) is 0 Å². The number of nitrogens with two attached hydrogens (primary N) is 1. The number of hydrogen-bond acceptors (Lipinski definition) is 4. The van der Waals surface area contributed by atoms with Gasteiger partial charge in [0.15, 0.2) is 0 Å². The quantitative estimate of drug-likeness (QED) is 0.851. The van der Waals surface area contributed by atoms with Crippen LogP contribution < -0.4 is 11.1 Å². The lowest BCUT2D eigenvalue weighted by Gasteiger charge is -2.09. The molecule has 0 fully saturated rings. The van der Waals surface area contributed by atoms with Gasteiger partial charge in [0.2, 0.25) is 0 Å². The number of nitrogen functional groups attached to an aromatic ring is 1. The first kappa shape index (κ1) is 12.3. The van der Waals surface area contributed by atoms with Gasteiger partial charge in [-0.25, -0.2) is 9.37 Å². The summed E-state index contributed by atoms with van der Waals surface area (Å²) >= 11 is 4.75. The first-order valence-corrected chi connectivity index (χ1v) is 6.71. The van der Waals surface area contributed by atoms with Gasteiger partial charge in [0.05, 0.1) is 20.9 Å². The summed E-state index contributed by atoms with van der Waals surface area (Å²) in [5.41, 5.74) is 6.85. The Morgan fingerprint density at radius 3 is 3.00 bits per heavy atom. The van der Waals surface area contributed by atoms with Crippen molar-refractivity contribution in [3.05, 3.63) is 39.0 Å². The number of aromatic nitrogens is 1. The fourth-order valence-electron chi connectivity index (χ4n) is 1.40. The maximum absolute atomic E-state index is 13.1. The second kappa shape index (κ2) is 5.46. The molecule has 0 saturated heterocycles. The predicted octanol–water partition coefficient (Wildman–Crippen LogP) is 3.28. The maximum Gasteiger partial charge on any atom is 0.139 e. The molecular weight excluding hydrogens is 305 g/mol. The van der Waals surface area contributed by atoms with Gasteiger partial charge >= 0.3 is 0 Å². The Hall–Kier alpha value is -1.14. The van der Waals surface area contributed by atoms with Crippen molar-refractivity contribution in [3.8, 4) is 0 Å². The molecule has 3 N–H and O–H groups in total. The van der Waals surface area contributed by atoms with Crippen molar-refractivity contribution in [1.29, 1.82) is 0 Å². The number of halogens is 2. The molecule has 0 aliphatic rings. The molecule has 0 unspecified atom stereocenters. The molecular formula is C11H11BrFN3S. The van der Waals surface area contributed by atoms with E-state index in [0.717, 1.165) is 23.7 Å². The van der Waals surface area contributed by atoms with Gasteiger partial charge in [-0.05, 0) is 22.0 Å². The minimum Gasteiger partial charge on any atom is -0.397 e. The van der Waals surface area contributed by atoms with E-state index in [2.05, 4.69) is 26.2 Å². The van der Waals surface area contributed by atoms with Gasteiger partial charge in [-0.2, -0.15) is 0 Å². The molecule has 0 spiro atoms. The number of benzene rings is 1. The molecule has 0 saturated carbocycles. The molecule has 1 aromatic heterocycles. The average Bonchev–Trinajstić information content (AvgIpc) is 2.78. The van der Waals surface area contributed by atoms with E-state index in [1.54, 1.807) is 23.6 Å². The number of nitrogens with one attached hydrogen (secondary N) is 1. The van der Waals surface area contributed by atoms with E-state index in [0.29, 0.717) is 10.2 Å². The van der Waals surface area contributed by atoms with Crippen LogP contribution >= 0.6 is 27.3 Å². The normalized spacial score (nSPS) is 10.5. The highest BCUT2D eigenvalue weighted by Crippen LogP contribution is 2.26. The SMILES string of the molecule is Nc1cc(F)c(Br)cc1NCCc1nccs1. The van der Waals surface area contributed by atoms with Gasteiger partial charge in [-0.1, -0.05) is 0 Å². The summed E-state index contributed by atoms with van der Waals surface area (Å²) in [7, 11) is 0. The van der Waals surface area contributed by atoms with E-state index in [1.807, 2.05) is 5.38 Å². The van der Waals surface area contributed by atoms with Crippen LogP contribution in [0, 0.1) is 5.82 Å². The van der Waals surface area contributed by atoms with E-state index < -0.39 is 0 Å². The Morgan fingerprint density at radius 1 is 1.47 bits per heavy atom. The number of nitrogens with zero attached hydrogens (tertiary/aromatic N) is 1. The summed E-state index contributed by atoms with van der Waals surface area (Å²) in [6.45, 7) is 0.718. The van der Waals surface area contributed by atoms with Crippen LogP contribution in [-0.2, 0) is 6.42 Å². The first-order chi connectivity index (χ1) is 8.16. The third-order valence-electron chi connectivity index (χ3n) is 2.23. The lowest BCUT2D eigenvalue weighted by molar-refractivity contribution is 0.622. The third kappa shape index (κ3) is 3.17. The van der Waals surface area contributed by atoms with E-state index in [-0.39, 0.29) is 5.82 Å². The molecule has 0 radical (unpaired) electrons. The second-order valence-corrected chi connectivity index (χ2v) is 5.29. The Balaban J connectivity index is 1.97. The van der Waals surface area contributed by atoms with Gasteiger partial charge in [0.25, 0.3) is 0 Å². The van der Waals surface area contributed by atoms with Crippen molar-refractivity contribution in [2.75, 3.05) is 17.6 Å². The summed E-state index contributed by atoms with van der Waals surface area (Å²) in [6, 6.07) is 2.95. The molecule has 1 heterocycles. The van der Waals surface area contributed by atoms with Gasteiger partial charge in [-0.15, -0.1) is 11.3 Å². The third-order valence-corrected chi connectivity index (χ3v) is 3.68. The molecule has 90 valence electrons. The summed E-state index contributed by atoms with van der Waals surface area (Å²) in [4.78, 5) is 4.18. The predicted molar refractivity (Wildman–Crippen MR) is 72.8 cm³/mol. The van der Waals surface area contributed by atoms with Crippen molar-refractivity contribution < 1.29 is 4.39 Å². The van der Waals surface area contributed by atoms with Crippen LogP contribution in [0.3, 0.4) is 0 Å². The van der Waals surface area contributed by atoms with Crippen LogP contribution in [0.1, 0.15) is 5.01 Å². The number of thiazole rings is 1. The zero-order chi connectivity index (χ0) is 12.3. The molecule has 6 heteroatoms. The van der Waals surface area contributed by atoms with Crippen molar-refractivity contribution in [1.82, 2.24) is 4.98 Å². The van der Waals surface area contributed by atoms with E-state index in [9.17, 15) is 4.39 Å². The van der Waals surface area contributed by atoms with Gasteiger partial charge in [-0.3, -0.25) is 0 Å². The van der Waals surface area contributed by atoms with E-state index >= 15 is 0 Å². The molecule has 0 amide bonds. The molecule has 17 heavy (non-hydrogen) atoms. The molecule has 0 aliphatic heterocycles. The van der Waals surface area contributed by atoms with Crippen LogP contribution in [0.15, 0.2) is 28.2 Å². The Bertz CT molecular complexity index is 502. The highest BCUT2D eigenvalue weighted by atomic mass is 79.9. The van der Waals surface area contributed by atoms with Gasteiger partial charge in [0.1, 0.15) is 5.82 Å². The summed E-state index contributed by atoms with van der Waals surface area (Å²) in [6.07, 6.45) is 2.61. The topological polar surface area (TPSA) is 50.9 Å². The number of hydrogen-bond donors (Lipinski definition) is 2. The lowest BCUT2D eigenvalue weighted by atomic mass is 10.2. The van der Waals surface area contributed by atoms with Crippen molar-refractivity contribution in [2.45, 2.75) is 6.42 Å². The van der Waals surface area contributed by atoms with Crippen molar-refractivity contribution >= 4 is 38.6 Å². The van der Waals surface area contributed by atoms with Crippen LogP contribution in [0.4, 0.5) is 15.8 Å². The molecule has 0 atom stereocenters. The number of rotatable bonds is 4. The Kier molecular flexibility index (Phi) is 3.96. The second-order valence-electron chi connectivity index (χ2n) is 3.46. The largest absolute Gasteiger partial charge is 0.397 e. The monoisotopic (exact) mass is 315 g/mol. The zero-order valence-corrected chi connectivity index (χ0v) is 11.3. The minimum atomic E-state index is -0.354. The zero-order valence-electron chi connectivity index (χ0n) is 8.91. The fraction of sp³-hybridized carbons (Fsp3) is 0.182. The summed E-state index contributed by atoms with van der Waals surface area (Å²) < 4.78 is 13.5. The smallest absolute Gasteiger partial charge is 0.139 e. The van der Waals surface area contributed by atoms with Crippen LogP contribution in [0.2, 0.25) is 0 Å². The number of anilines is 2. The molecule has 2 aromatic rings. The Morgan fingerprint density at radius 2 is 2.29 bits per heavy atom. The first-order valence-electron chi connectivity index (χ1n) is 5.03. The standard InChI is InChI=1S/C11H11BrFN3S/c12-7-5-10(9(14)6-8(7)13)15-2-1-11-16-3-4-17-11/h3-6,15H,1-2,14H2. The molecule has 1 aromatic carbocycles. The summed E-state index contributed by atoms with van der Waals surface area (Å²) in [5, 5.41) is 6.17. The molecule has 3 nitrogen and oxygen atoms in total. The van der Waals surface area contributed by atoms with Crippen LogP contribution in [0.5, 0.6) is 0 Å². The molecule has 0 aliphatic carbocycles.